The zero-order valence-corrected chi connectivity index (χ0v) is 8.18. The maximum absolute atomic E-state index is 10.3. The highest BCUT2D eigenvalue weighted by atomic mass is 16.4. The van der Waals surface area contributed by atoms with Gasteiger partial charge in [0.2, 0.25) is 0 Å². The Labute approximate surface area is 88.0 Å². The fourth-order valence-corrected chi connectivity index (χ4v) is 1.23. The Hall–Kier alpha value is -2.03. The SMILES string of the molecule is C=CCc1cccc(/C=C/C(=O)O)c1O. The van der Waals surface area contributed by atoms with Gasteiger partial charge in [0.15, 0.2) is 0 Å². The quantitative estimate of drug-likeness (QED) is 0.584. The Kier molecular flexibility index (Phi) is 3.68. The molecule has 0 heterocycles. The number of phenolic OH excluding ortho intramolecular Hbond substituents is 1. The number of carbonyl (C=O) groups is 1. The van der Waals surface area contributed by atoms with Crippen molar-refractivity contribution in [3.05, 3.63) is 48.1 Å². The third-order valence-corrected chi connectivity index (χ3v) is 1.92. The van der Waals surface area contributed by atoms with E-state index in [1.165, 1.54) is 6.08 Å². The molecule has 0 spiro atoms. The summed E-state index contributed by atoms with van der Waals surface area (Å²) < 4.78 is 0. The van der Waals surface area contributed by atoms with Crippen molar-refractivity contribution in [3.8, 4) is 5.75 Å². The van der Waals surface area contributed by atoms with Crippen molar-refractivity contribution in [2.75, 3.05) is 0 Å². The molecular formula is C12H12O3. The van der Waals surface area contributed by atoms with Gasteiger partial charge < -0.3 is 10.2 Å². The summed E-state index contributed by atoms with van der Waals surface area (Å²) in [7, 11) is 0. The van der Waals surface area contributed by atoms with E-state index in [9.17, 15) is 9.90 Å². The summed E-state index contributed by atoms with van der Waals surface area (Å²) >= 11 is 0. The number of aliphatic carboxylic acids is 1. The molecular weight excluding hydrogens is 192 g/mol. The number of hydrogen-bond donors (Lipinski definition) is 2. The predicted molar refractivity (Wildman–Crippen MR) is 58.7 cm³/mol. The smallest absolute Gasteiger partial charge is 0.328 e. The van der Waals surface area contributed by atoms with Crippen LogP contribution in [0.15, 0.2) is 36.9 Å². The van der Waals surface area contributed by atoms with E-state index in [2.05, 4.69) is 6.58 Å². The highest BCUT2D eigenvalue weighted by molar-refractivity contribution is 5.86. The number of rotatable bonds is 4. The molecule has 3 nitrogen and oxygen atoms in total. The van der Waals surface area contributed by atoms with Crippen molar-refractivity contribution in [3.63, 3.8) is 0 Å². The van der Waals surface area contributed by atoms with Crippen molar-refractivity contribution >= 4 is 12.0 Å². The van der Waals surface area contributed by atoms with Gasteiger partial charge in [0, 0.05) is 11.6 Å². The zero-order valence-electron chi connectivity index (χ0n) is 8.18. The van der Waals surface area contributed by atoms with E-state index in [0.717, 1.165) is 11.6 Å². The van der Waals surface area contributed by atoms with Gasteiger partial charge in [0.1, 0.15) is 5.75 Å². The summed E-state index contributed by atoms with van der Waals surface area (Å²) in [5.74, 6) is -0.932. The van der Waals surface area contributed by atoms with E-state index in [0.29, 0.717) is 12.0 Å². The van der Waals surface area contributed by atoms with E-state index < -0.39 is 5.97 Å². The number of hydrogen-bond acceptors (Lipinski definition) is 2. The standard InChI is InChI=1S/C12H12O3/c1-2-4-9-5-3-6-10(12(9)15)7-8-11(13)14/h2-3,5-8,15H,1,4H2,(H,13,14)/b8-7+. The Morgan fingerprint density at radius 3 is 2.80 bits per heavy atom. The number of allylic oxidation sites excluding steroid dienone is 1. The van der Waals surface area contributed by atoms with Crippen molar-refractivity contribution in [1.29, 1.82) is 0 Å². The van der Waals surface area contributed by atoms with Gasteiger partial charge in [-0.05, 0) is 18.1 Å². The molecule has 0 fully saturated rings. The molecule has 0 unspecified atom stereocenters. The molecule has 0 saturated carbocycles. The molecule has 0 aromatic heterocycles. The molecule has 1 aromatic rings. The third-order valence-electron chi connectivity index (χ3n) is 1.92. The molecule has 0 aliphatic heterocycles. The summed E-state index contributed by atoms with van der Waals surface area (Å²) in [6.07, 6.45) is 4.59. The highest BCUT2D eigenvalue weighted by Crippen LogP contribution is 2.24. The van der Waals surface area contributed by atoms with E-state index in [1.807, 2.05) is 0 Å². The number of phenols is 1. The molecule has 78 valence electrons. The highest BCUT2D eigenvalue weighted by Gasteiger charge is 2.03. The van der Waals surface area contributed by atoms with Gasteiger partial charge in [-0.2, -0.15) is 0 Å². The summed E-state index contributed by atoms with van der Waals surface area (Å²) in [5.41, 5.74) is 1.23. The van der Waals surface area contributed by atoms with Crippen LogP contribution in [0.3, 0.4) is 0 Å². The molecule has 0 radical (unpaired) electrons. The second-order valence-corrected chi connectivity index (χ2v) is 3.02. The minimum absolute atomic E-state index is 0.106. The van der Waals surface area contributed by atoms with Crippen LogP contribution < -0.4 is 0 Å². The topological polar surface area (TPSA) is 57.5 Å². The molecule has 1 rings (SSSR count). The molecule has 0 amide bonds. The first kappa shape index (κ1) is 11.0. The number of para-hydroxylation sites is 1. The van der Waals surface area contributed by atoms with E-state index in [-0.39, 0.29) is 5.75 Å². The Morgan fingerprint density at radius 2 is 2.20 bits per heavy atom. The van der Waals surface area contributed by atoms with Gasteiger partial charge in [-0.3, -0.25) is 0 Å². The van der Waals surface area contributed by atoms with Gasteiger partial charge in [-0.25, -0.2) is 4.79 Å². The molecule has 0 aliphatic rings. The predicted octanol–water partition coefficient (Wildman–Crippen LogP) is 2.22. The molecule has 0 aliphatic carbocycles. The van der Waals surface area contributed by atoms with Crippen LogP contribution in [0.1, 0.15) is 11.1 Å². The van der Waals surface area contributed by atoms with Crippen LogP contribution in [0.25, 0.3) is 6.08 Å². The van der Waals surface area contributed by atoms with E-state index >= 15 is 0 Å². The van der Waals surface area contributed by atoms with Crippen LogP contribution in [0, 0.1) is 0 Å². The Balaban J connectivity index is 3.03. The number of benzene rings is 1. The summed E-state index contributed by atoms with van der Waals surface area (Å²) in [5, 5.41) is 18.2. The average Bonchev–Trinajstić information content (AvgIpc) is 2.19. The molecule has 1 aromatic carbocycles. The average molecular weight is 204 g/mol. The monoisotopic (exact) mass is 204 g/mol. The van der Waals surface area contributed by atoms with Crippen LogP contribution in [0.4, 0.5) is 0 Å². The summed E-state index contributed by atoms with van der Waals surface area (Å²) in [6, 6.07) is 5.19. The molecule has 0 saturated heterocycles. The molecule has 0 bridgehead atoms. The lowest BCUT2D eigenvalue weighted by Gasteiger charge is -2.04. The summed E-state index contributed by atoms with van der Waals surface area (Å²) in [6.45, 7) is 3.58. The van der Waals surface area contributed by atoms with Gasteiger partial charge in [0.25, 0.3) is 0 Å². The maximum Gasteiger partial charge on any atom is 0.328 e. The Morgan fingerprint density at radius 1 is 1.47 bits per heavy atom. The maximum atomic E-state index is 10.3. The van der Waals surface area contributed by atoms with Gasteiger partial charge in [0.05, 0.1) is 0 Å². The lowest BCUT2D eigenvalue weighted by molar-refractivity contribution is -0.131. The number of carboxylic acids is 1. The van der Waals surface area contributed by atoms with Crippen LogP contribution in [-0.4, -0.2) is 16.2 Å². The second-order valence-electron chi connectivity index (χ2n) is 3.02. The van der Waals surface area contributed by atoms with Gasteiger partial charge >= 0.3 is 5.97 Å². The molecule has 15 heavy (non-hydrogen) atoms. The van der Waals surface area contributed by atoms with Crippen molar-refractivity contribution in [1.82, 2.24) is 0 Å². The van der Waals surface area contributed by atoms with Crippen LogP contribution in [0.5, 0.6) is 5.75 Å². The number of aromatic hydroxyl groups is 1. The van der Waals surface area contributed by atoms with Crippen molar-refractivity contribution in [2.45, 2.75) is 6.42 Å². The van der Waals surface area contributed by atoms with Gasteiger partial charge in [-0.1, -0.05) is 24.3 Å². The normalized spacial score (nSPS) is 10.4. The number of carboxylic acid groups (broad SMARTS) is 1. The molecule has 2 N–H and O–H groups in total. The van der Waals surface area contributed by atoms with Crippen LogP contribution in [-0.2, 0) is 11.2 Å². The minimum atomic E-state index is -1.04. The summed E-state index contributed by atoms with van der Waals surface area (Å²) in [4.78, 5) is 10.3. The fraction of sp³-hybridized carbons (Fsp3) is 0.0833. The van der Waals surface area contributed by atoms with Gasteiger partial charge in [-0.15, -0.1) is 6.58 Å². The lowest BCUT2D eigenvalue weighted by atomic mass is 10.1. The minimum Gasteiger partial charge on any atom is -0.507 e. The largest absolute Gasteiger partial charge is 0.507 e. The molecule has 0 atom stereocenters. The Bertz CT molecular complexity index is 405. The second kappa shape index (κ2) is 5.00. The first-order chi connectivity index (χ1) is 7.15. The van der Waals surface area contributed by atoms with Crippen molar-refractivity contribution < 1.29 is 15.0 Å². The zero-order chi connectivity index (χ0) is 11.3. The first-order valence-corrected chi connectivity index (χ1v) is 4.48. The lowest BCUT2D eigenvalue weighted by Crippen LogP contribution is -1.88. The third kappa shape index (κ3) is 2.98. The van der Waals surface area contributed by atoms with E-state index in [1.54, 1.807) is 24.3 Å². The van der Waals surface area contributed by atoms with Crippen molar-refractivity contribution in [2.24, 2.45) is 0 Å². The van der Waals surface area contributed by atoms with Crippen LogP contribution in [0.2, 0.25) is 0 Å². The fourth-order valence-electron chi connectivity index (χ4n) is 1.23. The van der Waals surface area contributed by atoms with E-state index in [4.69, 9.17) is 5.11 Å². The first-order valence-electron chi connectivity index (χ1n) is 4.48. The molecule has 3 heteroatoms. The van der Waals surface area contributed by atoms with Crippen LogP contribution >= 0.6 is 0 Å².